The predicted octanol–water partition coefficient (Wildman–Crippen LogP) is 2.14. The van der Waals surface area contributed by atoms with Crippen molar-refractivity contribution in [2.24, 2.45) is 0 Å². The van der Waals surface area contributed by atoms with Crippen molar-refractivity contribution >= 4 is 11.8 Å². The van der Waals surface area contributed by atoms with Crippen molar-refractivity contribution in [1.82, 2.24) is 20.2 Å². The highest BCUT2D eigenvalue weighted by atomic mass is 19.1. The highest BCUT2D eigenvalue weighted by Gasteiger charge is 2.25. The molecule has 1 saturated heterocycles. The molecule has 136 valence electrons. The molecule has 26 heavy (non-hydrogen) atoms. The number of carbonyl (C=O) groups excluding carboxylic acids is 2. The smallest absolute Gasteiger partial charge is 0.251 e. The lowest BCUT2D eigenvalue weighted by Crippen LogP contribution is -2.40. The minimum Gasteiger partial charge on any atom is -0.352 e. The lowest BCUT2D eigenvalue weighted by atomic mass is 9.94. The second kappa shape index (κ2) is 8.51. The van der Waals surface area contributed by atoms with E-state index in [9.17, 15) is 14.0 Å². The van der Waals surface area contributed by atoms with E-state index in [0.29, 0.717) is 12.1 Å². The molecule has 1 aliphatic heterocycles. The number of rotatable bonds is 5. The number of amides is 2. The standard InChI is InChI=1S/C19H21FN4O2/c20-16-5-3-14(4-6-16)19(26)22-10-8-18(25)24-11-1-2-15(12-24)17-7-9-21-13-23-17/h3-7,9,13,15H,1-2,8,10-12H2,(H,22,26)/t15-/m0/s1. The van der Waals surface area contributed by atoms with Gasteiger partial charge in [0.25, 0.3) is 5.91 Å². The van der Waals surface area contributed by atoms with Crippen LogP contribution in [0.5, 0.6) is 0 Å². The summed E-state index contributed by atoms with van der Waals surface area (Å²) < 4.78 is 12.9. The summed E-state index contributed by atoms with van der Waals surface area (Å²) in [4.78, 5) is 34.5. The second-order valence-corrected chi connectivity index (χ2v) is 6.33. The Hall–Kier alpha value is -2.83. The fraction of sp³-hybridized carbons (Fsp3) is 0.368. The Morgan fingerprint density at radius 1 is 1.23 bits per heavy atom. The number of hydrogen-bond acceptors (Lipinski definition) is 4. The monoisotopic (exact) mass is 356 g/mol. The number of benzene rings is 1. The first-order valence-electron chi connectivity index (χ1n) is 8.71. The zero-order valence-corrected chi connectivity index (χ0v) is 14.4. The number of halogens is 1. The van der Waals surface area contributed by atoms with Crippen molar-refractivity contribution in [2.75, 3.05) is 19.6 Å². The predicted molar refractivity (Wildman–Crippen MR) is 93.9 cm³/mol. The van der Waals surface area contributed by atoms with Crippen molar-refractivity contribution < 1.29 is 14.0 Å². The Balaban J connectivity index is 1.47. The fourth-order valence-electron chi connectivity index (χ4n) is 3.13. The average Bonchev–Trinajstić information content (AvgIpc) is 2.69. The van der Waals surface area contributed by atoms with Crippen LogP contribution in [-0.2, 0) is 4.79 Å². The molecule has 1 atom stereocenters. The SMILES string of the molecule is O=C(NCCC(=O)N1CCC[C@H](c2ccncn2)C1)c1ccc(F)cc1. The van der Waals surface area contributed by atoms with E-state index in [1.54, 1.807) is 6.20 Å². The molecule has 0 saturated carbocycles. The number of piperidine rings is 1. The fourth-order valence-corrected chi connectivity index (χ4v) is 3.13. The third kappa shape index (κ3) is 4.62. The van der Waals surface area contributed by atoms with Gasteiger partial charge in [-0.2, -0.15) is 0 Å². The molecule has 3 rings (SSSR count). The van der Waals surface area contributed by atoms with Crippen molar-refractivity contribution in [3.05, 3.63) is 59.9 Å². The number of carbonyl (C=O) groups is 2. The molecule has 1 aliphatic rings. The van der Waals surface area contributed by atoms with Crippen LogP contribution in [0.3, 0.4) is 0 Å². The van der Waals surface area contributed by atoms with Gasteiger partial charge in [-0.25, -0.2) is 14.4 Å². The summed E-state index contributed by atoms with van der Waals surface area (Å²) in [6.07, 6.45) is 5.42. The van der Waals surface area contributed by atoms with Gasteiger partial charge in [0.15, 0.2) is 0 Å². The summed E-state index contributed by atoms with van der Waals surface area (Å²) in [5, 5.41) is 2.70. The van der Waals surface area contributed by atoms with Crippen molar-refractivity contribution in [1.29, 1.82) is 0 Å². The minimum absolute atomic E-state index is 0.0168. The van der Waals surface area contributed by atoms with E-state index in [1.165, 1.54) is 30.6 Å². The van der Waals surface area contributed by atoms with Gasteiger partial charge in [-0.05, 0) is 43.2 Å². The Morgan fingerprint density at radius 2 is 2.04 bits per heavy atom. The van der Waals surface area contributed by atoms with Crippen LogP contribution in [0.1, 0.15) is 41.2 Å². The van der Waals surface area contributed by atoms with Crippen LogP contribution in [0.15, 0.2) is 42.9 Å². The van der Waals surface area contributed by atoms with E-state index in [4.69, 9.17) is 0 Å². The zero-order valence-electron chi connectivity index (χ0n) is 14.4. The number of nitrogens with one attached hydrogen (secondary N) is 1. The molecule has 2 aromatic rings. The number of likely N-dealkylation sites (tertiary alicyclic amines) is 1. The largest absolute Gasteiger partial charge is 0.352 e. The van der Waals surface area contributed by atoms with E-state index >= 15 is 0 Å². The van der Waals surface area contributed by atoms with Gasteiger partial charge in [-0.3, -0.25) is 9.59 Å². The number of nitrogens with zero attached hydrogens (tertiary/aromatic N) is 3. The van der Waals surface area contributed by atoms with E-state index in [-0.39, 0.29) is 36.5 Å². The molecule has 1 N–H and O–H groups in total. The topological polar surface area (TPSA) is 75.2 Å². The first kappa shape index (κ1) is 18.0. The van der Waals surface area contributed by atoms with Gasteiger partial charge in [0.05, 0.1) is 0 Å². The number of hydrogen-bond donors (Lipinski definition) is 1. The molecule has 0 aliphatic carbocycles. The van der Waals surface area contributed by atoms with E-state index in [1.807, 2.05) is 11.0 Å². The molecule has 0 unspecified atom stereocenters. The second-order valence-electron chi connectivity index (χ2n) is 6.33. The van der Waals surface area contributed by atoms with Crippen molar-refractivity contribution in [3.63, 3.8) is 0 Å². The summed E-state index contributed by atoms with van der Waals surface area (Å²) in [5.41, 5.74) is 1.34. The molecule has 0 spiro atoms. The van der Waals surface area contributed by atoms with Crippen LogP contribution >= 0.6 is 0 Å². The number of aromatic nitrogens is 2. The van der Waals surface area contributed by atoms with Crippen molar-refractivity contribution in [3.8, 4) is 0 Å². The highest BCUT2D eigenvalue weighted by Crippen LogP contribution is 2.25. The summed E-state index contributed by atoms with van der Waals surface area (Å²) >= 11 is 0. The Labute approximate surface area is 151 Å². The summed E-state index contributed by atoms with van der Waals surface area (Å²) in [7, 11) is 0. The quantitative estimate of drug-likeness (QED) is 0.891. The Bertz CT molecular complexity index is 752. The molecule has 0 radical (unpaired) electrons. The van der Waals surface area contributed by atoms with Gasteiger partial charge in [0.2, 0.25) is 5.91 Å². The van der Waals surface area contributed by atoms with Crippen molar-refractivity contribution in [2.45, 2.75) is 25.2 Å². The van der Waals surface area contributed by atoms with E-state index in [2.05, 4.69) is 15.3 Å². The van der Waals surface area contributed by atoms with Gasteiger partial charge >= 0.3 is 0 Å². The summed E-state index contributed by atoms with van der Waals surface area (Å²) in [5.74, 6) is -0.456. The van der Waals surface area contributed by atoms with Crippen LogP contribution in [0.4, 0.5) is 4.39 Å². The van der Waals surface area contributed by atoms with Gasteiger partial charge in [-0.15, -0.1) is 0 Å². The first-order chi connectivity index (χ1) is 12.6. The Kier molecular flexibility index (Phi) is 5.88. The molecule has 1 aromatic carbocycles. The van der Waals surface area contributed by atoms with Crippen LogP contribution in [-0.4, -0.2) is 46.3 Å². The zero-order chi connectivity index (χ0) is 18.4. The molecule has 0 bridgehead atoms. The third-order valence-electron chi connectivity index (χ3n) is 4.53. The third-order valence-corrected chi connectivity index (χ3v) is 4.53. The molecule has 2 amide bonds. The summed E-state index contributed by atoms with van der Waals surface area (Å²) in [6, 6.07) is 7.20. The molecular weight excluding hydrogens is 335 g/mol. The van der Waals surface area contributed by atoms with Gasteiger partial charge in [-0.1, -0.05) is 0 Å². The molecule has 1 fully saturated rings. The molecular formula is C19H21FN4O2. The van der Waals surface area contributed by atoms with E-state index < -0.39 is 0 Å². The Morgan fingerprint density at radius 3 is 2.77 bits per heavy atom. The van der Waals surface area contributed by atoms with Crippen LogP contribution in [0.25, 0.3) is 0 Å². The lowest BCUT2D eigenvalue weighted by Gasteiger charge is -2.32. The van der Waals surface area contributed by atoms with E-state index in [0.717, 1.165) is 25.1 Å². The maximum absolute atomic E-state index is 12.9. The van der Waals surface area contributed by atoms with Gasteiger partial charge < -0.3 is 10.2 Å². The lowest BCUT2D eigenvalue weighted by molar-refractivity contribution is -0.132. The first-order valence-corrected chi connectivity index (χ1v) is 8.71. The highest BCUT2D eigenvalue weighted by molar-refractivity contribution is 5.94. The molecule has 6 nitrogen and oxygen atoms in total. The molecule has 1 aromatic heterocycles. The normalized spacial score (nSPS) is 17.0. The molecule has 2 heterocycles. The van der Waals surface area contributed by atoms with Crippen LogP contribution in [0, 0.1) is 5.82 Å². The van der Waals surface area contributed by atoms with Gasteiger partial charge in [0, 0.05) is 49.4 Å². The van der Waals surface area contributed by atoms with Crippen LogP contribution < -0.4 is 5.32 Å². The van der Waals surface area contributed by atoms with Gasteiger partial charge in [0.1, 0.15) is 12.1 Å². The molecule has 7 heteroatoms. The maximum atomic E-state index is 12.9. The maximum Gasteiger partial charge on any atom is 0.251 e. The minimum atomic E-state index is -0.389. The summed E-state index contributed by atoms with van der Waals surface area (Å²) in [6.45, 7) is 1.62. The average molecular weight is 356 g/mol. The van der Waals surface area contributed by atoms with Crippen LogP contribution in [0.2, 0.25) is 0 Å².